The van der Waals surface area contributed by atoms with Crippen LogP contribution in [0.3, 0.4) is 0 Å². The molecule has 0 bridgehead atoms. The second-order valence-corrected chi connectivity index (χ2v) is 17.0. The Balaban J connectivity index is 0.871. The predicted octanol–water partition coefficient (Wildman–Crippen LogP) is 18.2. The smallest absolute Gasteiger partial charge is 0.135 e. The van der Waals surface area contributed by atoms with Gasteiger partial charge in [0.2, 0.25) is 0 Å². The minimum atomic E-state index is 0.875. The van der Waals surface area contributed by atoms with E-state index < -0.39 is 0 Å². The van der Waals surface area contributed by atoms with Gasteiger partial charge in [0.05, 0.1) is 0 Å². The second-order valence-electron chi connectivity index (χ2n) is 17.0. The van der Waals surface area contributed by atoms with Crippen molar-refractivity contribution in [1.29, 1.82) is 0 Å². The highest BCUT2D eigenvalue weighted by atomic mass is 16.3. The number of para-hydroxylation sites is 1. The van der Waals surface area contributed by atoms with Gasteiger partial charge in [0.15, 0.2) is 0 Å². The molecule has 0 amide bonds. The fourth-order valence-corrected chi connectivity index (χ4v) is 9.39. The molecular formula is C64H43NO. The van der Waals surface area contributed by atoms with Crippen molar-refractivity contribution in [1.82, 2.24) is 0 Å². The van der Waals surface area contributed by atoms with Crippen molar-refractivity contribution >= 4 is 49.6 Å². The molecule has 0 fully saturated rings. The summed E-state index contributed by atoms with van der Waals surface area (Å²) in [5.41, 5.74) is 17.2. The zero-order chi connectivity index (χ0) is 43.8. The second kappa shape index (κ2) is 16.8. The van der Waals surface area contributed by atoms with Gasteiger partial charge in [-0.15, -0.1) is 0 Å². The van der Waals surface area contributed by atoms with E-state index in [1.807, 2.05) is 18.2 Å². The highest BCUT2D eigenvalue weighted by Gasteiger charge is 2.16. The summed E-state index contributed by atoms with van der Waals surface area (Å²) in [6.45, 7) is 0. The molecule has 310 valence electrons. The molecule has 0 radical (unpaired) electrons. The van der Waals surface area contributed by atoms with E-state index in [9.17, 15) is 0 Å². The van der Waals surface area contributed by atoms with E-state index in [2.05, 4.69) is 248 Å². The van der Waals surface area contributed by atoms with E-state index in [1.54, 1.807) is 0 Å². The Kier molecular flexibility index (Phi) is 9.89. The fourth-order valence-electron chi connectivity index (χ4n) is 9.39. The molecule has 0 spiro atoms. The Labute approximate surface area is 384 Å². The van der Waals surface area contributed by atoms with Crippen LogP contribution in [-0.2, 0) is 0 Å². The lowest BCUT2D eigenvalue weighted by molar-refractivity contribution is 0.631. The van der Waals surface area contributed by atoms with E-state index in [-0.39, 0.29) is 0 Å². The van der Waals surface area contributed by atoms with Crippen molar-refractivity contribution in [3.8, 4) is 67.0 Å². The molecule has 0 aliphatic heterocycles. The first-order valence-corrected chi connectivity index (χ1v) is 22.5. The molecule has 0 N–H and O–H groups in total. The van der Waals surface area contributed by atoms with Crippen molar-refractivity contribution in [3.63, 3.8) is 0 Å². The lowest BCUT2D eigenvalue weighted by Crippen LogP contribution is -2.09. The lowest BCUT2D eigenvalue weighted by atomic mass is 9.96. The number of furan rings is 1. The molecule has 0 atom stereocenters. The zero-order valence-electron chi connectivity index (χ0n) is 36.2. The third-order valence-corrected chi connectivity index (χ3v) is 12.9. The number of benzene rings is 11. The van der Waals surface area contributed by atoms with Crippen LogP contribution < -0.4 is 4.90 Å². The number of hydrogen-bond acceptors (Lipinski definition) is 2. The SMILES string of the molecule is c1ccc(-c2ccc(-c3ccc(N(c4ccc(-c5ccc(-c6cccc7ccccc67)cc5)cc4)c4ccc5cc(-c6cccc(-c7cc8ccccc8o7)c6)ccc5c4)cc3)cc2)cc1. The van der Waals surface area contributed by atoms with E-state index in [1.165, 1.54) is 66.1 Å². The predicted molar refractivity (Wildman–Crippen MR) is 279 cm³/mol. The van der Waals surface area contributed by atoms with Crippen LogP contribution in [0.25, 0.3) is 99.5 Å². The maximum absolute atomic E-state index is 6.23. The van der Waals surface area contributed by atoms with Crippen LogP contribution in [0.2, 0.25) is 0 Å². The van der Waals surface area contributed by atoms with Crippen LogP contribution in [0.5, 0.6) is 0 Å². The van der Waals surface area contributed by atoms with E-state index in [0.717, 1.165) is 50.5 Å². The van der Waals surface area contributed by atoms with Gasteiger partial charge >= 0.3 is 0 Å². The summed E-state index contributed by atoms with van der Waals surface area (Å²) in [5, 5.41) is 5.99. The van der Waals surface area contributed by atoms with Crippen molar-refractivity contribution in [2.45, 2.75) is 0 Å². The third kappa shape index (κ3) is 7.51. The van der Waals surface area contributed by atoms with Gasteiger partial charge in [-0.25, -0.2) is 0 Å². The van der Waals surface area contributed by atoms with E-state index in [0.29, 0.717) is 0 Å². The lowest BCUT2D eigenvalue weighted by Gasteiger charge is -2.26. The molecule has 2 nitrogen and oxygen atoms in total. The maximum Gasteiger partial charge on any atom is 0.135 e. The van der Waals surface area contributed by atoms with Gasteiger partial charge in [0.1, 0.15) is 11.3 Å². The molecule has 1 aromatic heterocycles. The van der Waals surface area contributed by atoms with Gasteiger partial charge in [0, 0.05) is 28.0 Å². The standard InChI is InChI=1S/C64H43NO/c1-2-10-44(11-3-1)45-20-22-46(23-21-45)48-30-35-58(36-31-48)65(59-37-32-49(33-38-59)47-24-26-51(27-25-47)62-18-9-14-50-12-4-6-17-61(50)62)60-39-34-54-40-53(28-29-55(54)42-60)52-15-8-16-56(41-52)64-43-57-13-5-7-19-63(57)66-64/h1-43H. The number of fused-ring (bicyclic) bond motifs is 3. The van der Waals surface area contributed by atoms with Gasteiger partial charge in [-0.05, 0) is 138 Å². The molecule has 12 aromatic rings. The molecule has 66 heavy (non-hydrogen) atoms. The molecule has 0 saturated heterocycles. The van der Waals surface area contributed by atoms with Crippen molar-refractivity contribution < 1.29 is 4.42 Å². The van der Waals surface area contributed by atoms with Crippen LogP contribution >= 0.6 is 0 Å². The number of rotatable bonds is 9. The third-order valence-electron chi connectivity index (χ3n) is 12.9. The molecular weight excluding hydrogens is 799 g/mol. The first-order chi connectivity index (χ1) is 32.7. The van der Waals surface area contributed by atoms with Gasteiger partial charge in [-0.3, -0.25) is 0 Å². The van der Waals surface area contributed by atoms with Gasteiger partial charge in [0.25, 0.3) is 0 Å². The molecule has 12 rings (SSSR count). The summed E-state index contributed by atoms with van der Waals surface area (Å²) in [6, 6.07) is 93.9. The first-order valence-electron chi connectivity index (χ1n) is 22.5. The van der Waals surface area contributed by atoms with E-state index in [4.69, 9.17) is 4.42 Å². The normalized spacial score (nSPS) is 11.3. The van der Waals surface area contributed by atoms with Crippen LogP contribution in [0.1, 0.15) is 0 Å². The van der Waals surface area contributed by atoms with Crippen molar-refractivity contribution in [2.75, 3.05) is 4.90 Å². The Morgan fingerprint density at radius 3 is 1.38 bits per heavy atom. The maximum atomic E-state index is 6.23. The van der Waals surface area contributed by atoms with E-state index >= 15 is 0 Å². The minimum absolute atomic E-state index is 0.875. The Morgan fingerprint density at radius 1 is 0.242 bits per heavy atom. The largest absolute Gasteiger partial charge is 0.456 e. The van der Waals surface area contributed by atoms with Crippen LogP contribution in [-0.4, -0.2) is 0 Å². The quantitative estimate of drug-likeness (QED) is 0.144. The summed E-state index contributed by atoms with van der Waals surface area (Å²) in [4.78, 5) is 2.36. The molecule has 1 heterocycles. The summed E-state index contributed by atoms with van der Waals surface area (Å²) in [6.07, 6.45) is 0. The number of hydrogen-bond donors (Lipinski definition) is 0. The molecule has 0 aliphatic rings. The van der Waals surface area contributed by atoms with Crippen LogP contribution in [0.15, 0.2) is 265 Å². The average Bonchev–Trinajstić information content (AvgIpc) is 3.84. The summed E-state index contributed by atoms with van der Waals surface area (Å²) in [5.74, 6) is 0.875. The van der Waals surface area contributed by atoms with Gasteiger partial charge in [-0.2, -0.15) is 0 Å². The Bertz CT molecular complexity index is 3620. The summed E-state index contributed by atoms with van der Waals surface area (Å²) < 4.78 is 6.23. The molecule has 2 heteroatoms. The monoisotopic (exact) mass is 841 g/mol. The van der Waals surface area contributed by atoms with Gasteiger partial charge in [-0.1, -0.05) is 200 Å². The first kappa shape index (κ1) is 38.9. The molecule has 11 aromatic carbocycles. The minimum Gasteiger partial charge on any atom is -0.456 e. The Hall–Kier alpha value is -8.72. The molecule has 0 unspecified atom stereocenters. The number of anilines is 3. The highest BCUT2D eigenvalue weighted by Crippen LogP contribution is 2.40. The average molecular weight is 842 g/mol. The fraction of sp³-hybridized carbons (Fsp3) is 0. The topological polar surface area (TPSA) is 16.4 Å². The molecule has 0 saturated carbocycles. The van der Waals surface area contributed by atoms with Crippen molar-refractivity contribution in [3.05, 3.63) is 261 Å². The van der Waals surface area contributed by atoms with Crippen LogP contribution in [0.4, 0.5) is 17.1 Å². The number of nitrogens with zero attached hydrogens (tertiary/aromatic N) is 1. The van der Waals surface area contributed by atoms with Crippen LogP contribution in [0, 0.1) is 0 Å². The highest BCUT2D eigenvalue weighted by molar-refractivity contribution is 5.97. The zero-order valence-corrected chi connectivity index (χ0v) is 36.2. The molecule has 0 aliphatic carbocycles. The summed E-state index contributed by atoms with van der Waals surface area (Å²) >= 11 is 0. The summed E-state index contributed by atoms with van der Waals surface area (Å²) in [7, 11) is 0. The van der Waals surface area contributed by atoms with Crippen molar-refractivity contribution in [2.24, 2.45) is 0 Å². The Morgan fingerprint density at radius 2 is 0.697 bits per heavy atom. The van der Waals surface area contributed by atoms with Gasteiger partial charge < -0.3 is 9.32 Å².